The molecule has 0 N–H and O–H groups in total. The molecule has 174 valence electrons. The highest BCUT2D eigenvalue weighted by Gasteiger charge is 2.31. The van der Waals surface area contributed by atoms with Gasteiger partial charge in [0.15, 0.2) is 11.6 Å². The second kappa shape index (κ2) is 9.12. The van der Waals surface area contributed by atoms with E-state index in [1.807, 2.05) is 0 Å². The minimum atomic E-state index is -4.49. The van der Waals surface area contributed by atoms with Crippen molar-refractivity contribution in [3.05, 3.63) is 58.5 Å². The molecule has 0 spiro atoms. The van der Waals surface area contributed by atoms with Crippen LogP contribution in [0.15, 0.2) is 28.8 Å². The highest BCUT2D eigenvalue weighted by molar-refractivity contribution is 5.92. The monoisotopic (exact) mass is 461 g/mol. The van der Waals surface area contributed by atoms with Gasteiger partial charge in [-0.1, -0.05) is 11.2 Å². The maximum Gasteiger partial charge on any atom is 0.416 e. The summed E-state index contributed by atoms with van der Waals surface area (Å²) in [6, 6.07) is 3.38. The van der Waals surface area contributed by atoms with Crippen LogP contribution >= 0.6 is 0 Å². The molecule has 0 bridgehead atoms. The second-order valence-corrected chi connectivity index (χ2v) is 7.89. The molecular weight excluding hydrogens is 439 g/mol. The highest BCUT2D eigenvalue weighted by atomic mass is 19.4. The van der Waals surface area contributed by atoms with Crippen LogP contribution in [0.25, 0.3) is 6.08 Å². The molecule has 3 aromatic rings. The second-order valence-electron chi connectivity index (χ2n) is 7.89. The fourth-order valence-corrected chi connectivity index (χ4v) is 3.72. The number of hydrogen-bond donors (Lipinski definition) is 0. The molecule has 1 aliphatic rings. The summed E-state index contributed by atoms with van der Waals surface area (Å²) in [5.41, 5.74) is 0.0235. The summed E-state index contributed by atoms with van der Waals surface area (Å²) < 4.78 is 44.9. The summed E-state index contributed by atoms with van der Waals surface area (Å²) in [5, 5.41) is 15.4. The van der Waals surface area contributed by atoms with E-state index in [1.54, 1.807) is 18.7 Å². The van der Waals surface area contributed by atoms with E-state index < -0.39 is 11.7 Å². The zero-order valence-electron chi connectivity index (χ0n) is 18.1. The third-order valence-electron chi connectivity index (χ3n) is 5.44. The standard InChI is InChI=1S/C21H22F3N7O2/c1-13-25-20(33-28-13)16-7-9-30(10-8-16)19(32)6-4-15-3-5-18(21(22,23)24)11-17(15)12-31-27-14(2)26-29-31/h3-6,11,16H,7-10,12H2,1-2H3/b6-4+. The van der Waals surface area contributed by atoms with E-state index in [9.17, 15) is 18.0 Å². The smallest absolute Gasteiger partial charge is 0.339 e. The predicted molar refractivity (Wildman–Crippen MR) is 110 cm³/mol. The van der Waals surface area contributed by atoms with Gasteiger partial charge in [0.2, 0.25) is 11.8 Å². The van der Waals surface area contributed by atoms with Crippen LogP contribution < -0.4 is 0 Å². The first-order valence-electron chi connectivity index (χ1n) is 10.4. The van der Waals surface area contributed by atoms with E-state index in [0.717, 1.165) is 12.1 Å². The Morgan fingerprint density at radius 3 is 2.58 bits per heavy atom. The lowest BCUT2D eigenvalue weighted by molar-refractivity contribution is -0.137. The first-order valence-corrected chi connectivity index (χ1v) is 10.4. The molecule has 0 atom stereocenters. The zero-order valence-corrected chi connectivity index (χ0v) is 18.1. The number of carbonyl (C=O) groups excluding carboxylic acids is 1. The number of aromatic nitrogens is 6. The first kappa shape index (κ1) is 22.6. The maximum absolute atomic E-state index is 13.2. The van der Waals surface area contributed by atoms with E-state index in [2.05, 4.69) is 25.6 Å². The number of amides is 1. The summed E-state index contributed by atoms with van der Waals surface area (Å²) in [6.45, 7) is 4.44. The summed E-state index contributed by atoms with van der Waals surface area (Å²) in [6.07, 6.45) is -0.188. The van der Waals surface area contributed by atoms with E-state index in [-0.39, 0.29) is 18.4 Å². The van der Waals surface area contributed by atoms with Crippen molar-refractivity contribution in [3.63, 3.8) is 0 Å². The molecule has 0 aliphatic carbocycles. The van der Waals surface area contributed by atoms with Gasteiger partial charge in [-0.25, -0.2) is 0 Å². The van der Waals surface area contributed by atoms with Crippen LogP contribution in [-0.4, -0.2) is 54.2 Å². The molecule has 33 heavy (non-hydrogen) atoms. The number of likely N-dealkylation sites (tertiary alicyclic amines) is 1. The van der Waals surface area contributed by atoms with Crippen LogP contribution in [-0.2, 0) is 17.5 Å². The number of alkyl halides is 3. The molecule has 1 fully saturated rings. The lowest BCUT2D eigenvalue weighted by atomic mass is 9.96. The quantitative estimate of drug-likeness (QED) is 0.538. The van der Waals surface area contributed by atoms with Gasteiger partial charge in [-0.2, -0.15) is 23.0 Å². The van der Waals surface area contributed by atoms with Crippen LogP contribution in [0.5, 0.6) is 0 Å². The van der Waals surface area contributed by atoms with Crippen LogP contribution in [0.3, 0.4) is 0 Å². The van der Waals surface area contributed by atoms with Gasteiger partial charge in [0.05, 0.1) is 12.1 Å². The summed E-state index contributed by atoms with van der Waals surface area (Å²) in [5.74, 6) is 1.47. The van der Waals surface area contributed by atoms with Crippen molar-refractivity contribution in [2.45, 2.75) is 45.3 Å². The van der Waals surface area contributed by atoms with Crippen molar-refractivity contribution in [2.24, 2.45) is 0 Å². The number of nitrogens with zero attached hydrogens (tertiary/aromatic N) is 7. The van der Waals surface area contributed by atoms with Gasteiger partial charge < -0.3 is 9.42 Å². The molecule has 1 saturated heterocycles. The van der Waals surface area contributed by atoms with Gasteiger partial charge in [0.1, 0.15) is 0 Å². The molecule has 1 amide bonds. The van der Waals surface area contributed by atoms with E-state index >= 15 is 0 Å². The molecule has 0 saturated carbocycles. The van der Waals surface area contributed by atoms with Crippen molar-refractivity contribution in [3.8, 4) is 0 Å². The van der Waals surface area contributed by atoms with E-state index in [0.29, 0.717) is 54.6 Å². The van der Waals surface area contributed by atoms with Gasteiger partial charge in [-0.15, -0.1) is 10.2 Å². The number of carbonyl (C=O) groups is 1. The number of aryl methyl sites for hydroxylation is 2. The van der Waals surface area contributed by atoms with E-state index in [1.165, 1.54) is 23.0 Å². The molecular formula is C21H22F3N7O2. The number of hydrogen-bond acceptors (Lipinski definition) is 7. The van der Waals surface area contributed by atoms with Gasteiger partial charge >= 0.3 is 6.18 Å². The van der Waals surface area contributed by atoms with E-state index in [4.69, 9.17) is 4.52 Å². The fraction of sp³-hybridized carbons (Fsp3) is 0.429. The maximum atomic E-state index is 13.2. The topological polar surface area (TPSA) is 103 Å². The molecule has 1 aromatic carbocycles. The molecule has 0 radical (unpaired) electrons. The van der Waals surface area contributed by atoms with Crippen LogP contribution in [0.4, 0.5) is 13.2 Å². The minimum absolute atomic E-state index is 0.00633. The minimum Gasteiger partial charge on any atom is -0.339 e. The normalized spacial score (nSPS) is 15.5. The summed E-state index contributed by atoms with van der Waals surface area (Å²) >= 11 is 0. The molecule has 4 rings (SSSR count). The molecule has 0 unspecified atom stereocenters. The lowest BCUT2D eigenvalue weighted by Gasteiger charge is -2.29. The Labute approximate surface area is 187 Å². The Kier molecular flexibility index (Phi) is 6.25. The predicted octanol–water partition coefficient (Wildman–Crippen LogP) is 3.16. The summed E-state index contributed by atoms with van der Waals surface area (Å²) in [7, 11) is 0. The Hall–Kier alpha value is -3.57. The van der Waals surface area contributed by atoms with Crippen LogP contribution in [0, 0.1) is 13.8 Å². The van der Waals surface area contributed by atoms with Crippen molar-refractivity contribution in [2.75, 3.05) is 13.1 Å². The van der Waals surface area contributed by atoms with Crippen molar-refractivity contribution >= 4 is 12.0 Å². The van der Waals surface area contributed by atoms with Gasteiger partial charge in [-0.05, 0) is 61.2 Å². The summed E-state index contributed by atoms with van der Waals surface area (Å²) in [4.78, 5) is 19.9. The first-order chi connectivity index (χ1) is 15.7. The Balaban J connectivity index is 1.46. The Bertz CT molecular complexity index is 1160. The zero-order chi connectivity index (χ0) is 23.6. The van der Waals surface area contributed by atoms with Crippen LogP contribution in [0.1, 0.15) is 53.0 Å². The van der Waals surface area contributed by atoms with Crippen molar-refractivity contribution < 1.29 is 22.5 Å². The Morgan fingerprint density at radius 1 is 1.21 bits per heavy atom. The SMILES string of the molecule is Cc1noc(C2CCN(C(=O)/C=C/c3ccc(C(F)(F)F)cc3Cn3nnc(C)n3)CC2)n1. The van der Waals surface area contributed by atoms with Gasteiger partial charge in [-0.3, -0.25) is 4.79 Å². The average Bonchev–Trinajstić information content (AvgIpc) is 3.40. The number of rotatable bonds is 5. The van der Waals surface area contributed by atoms with Crippen LogP contribution in [0.2, 0.25) is 0 Å². The van der Waals surface area contributed by atoms with Crippen molar-refractivity contribution in [1.82, 2.24) is 35.2 Å². The number of tetrazole rings is 1. The molecule has 2 aromatic heterocycles. The Morgan fingerprint density at radius 2 is 1.97 bits per heavy atom. The largest absolute Gasteiger partial charge is 0.416 e. The molecule has 1 aliphatic heterocycles. The number of piperidine rings is 1. The lowest BCUT2D eigenvalue weighted by Crippen LogP contribution is -2.36. The van der Waals surface area contributed by atoms with Crippen molar-refractivity contribution in [1.29, 1.82) is 0 Å². The van der Waals surface area contributed by atoms with Gasteiger partial charge in [0.25, 0.3) is 0 Å². The fourth-order valence-electron chi connectivity index (χ4n) is 3.72. The number of benzene rings is 1. The number of halogens is 3. The highest BCUT2D eigenvalue weighted by Crippen LogP contribution is 2.31. The third-order valence-corrected chi connectivity index (χ3v) is 5.44. The third kappa shape index (κ3) is 5.44. The molecule has 12 heteroatoms. The van der Waals surface area contributed by atoms with Gasteiger partial charge in [0, 0.05) is 25.1 Å². The average molecular weight is 461 g/mol. The molecule has 9 nitrogen and oxygen atoms in total. The molecule has 3 heterocycles.